The number of imidazole rings is 1. The van der Waals surface area contributed by atoms with E-state index in [0.717, 1.165) is 50.1 Å². The minimum Gasteiger partial charge on any atom is -0.501 e. The molecule has 1 saturated carbocycles. The van der Waals surface area contributed by atoms with Crippen LogP contribution < -0.4 is 0 Å². The largest absolute Gasteiger partial charge is 0.501 e. The minimum atomic E-state index is -0.0833. The first-order valence-electron chi connectivity index (χ1n) is 16.9. The summed E-state index contributed by atoms with van der Waals surface area (Å²) in [7, 11) is 0. The Morgan fingerprint density at radius 3 is 2.48 bits per heavy atom. The Labute approximate surface area is 296 Å². The van der Waals surface area contributed by atoms with Crippen LogP contribution >= 0.6 is 0 Å². The summed E-state index contributed by atoms with van der Waals surface area (Å²) in [5.41, 5.74) is 11.2. The number of para-hydroxylation sites is 2. The van der Waals surface area contributed by atoms with E-state index < -0.39 is 0 Å². The van der Waals surface area contributed by atoms with Crippen LogP contribution in [0.1, 0.15) is 70.4 Å². The maximum Gasteiger partial charge on any atom is 0.120 e. The van der Waals surface area contributed by atoms with E-state index in [4.69, 9.17) is 9.40 Å². The average molecular weight is 806 g/mol. The summed E-state index contributed by atoms with van der Waals surface area (Å²) in [5.74, 6) is 2.20. The first kappa shape index (κ1) is 32.2. The van der Waals surface area contributed by atoms with Gasteiger partial charge < -0.3 is 14.0 Å². The standard InChI is InChI=1S/C23H23N2.C20H16NO.Ir/c1-23(2)15-19(16-9-6-7-10-16)18-13-8-14-20-21(18)25(23)22(24-20)17-11-4-3-5-12-17;1-13(2)14-10-11-21-18(12-14)17-8-5-7-16-15-6-3-4-9-19(15)22-20(16)17;/h3-5,8,11,13-16H,6-7,9-10H2,1-2H3;3-7,9-13H,1-2H3;/q2*-1;. The molecule has 0 spiro atoms. The van der Waals surface area contributed by atoms with Gasteiger partial charge in [0.15, 0.2) is 0 Å². The van der Waals surface area contributed by atoms with Gasteiger partial charge in [0.05, 0.1) is 28.0 Å². The maximum absolute atomic E-state index is 6.07. The van der Waals surface area contributed by atoms with Crippen LogP contribution in [-0.4, -0.2) is 14.5 Å². The molecule has 0 atom stereocenters. The molecule has 4 nitrogen and oxygen atoms in total. The summed E-state index contributed by atoms with van der Waals surface area (Å²) in [5, 5.41) is 2.24. The molecule has 1 aliphatic heterocycles. The minimum absolute atomic E-state index is 0. The molecule has 4 aromatic carbocycles. The van der Waals surface area contributed by atoms with Gasteiger partial charge in [0, 0.05) is 37.3 Å². The molecule has 0 N–H and O–H groups in total. The molecule has 5 heteroatoms. The van der Waals surface area contributed by atoms with E-state index in [-0.39, 0.29) is 25.6 Å². The van der Waals surface area contributed by atoms with Gasteiger partial charge in [-0.2, -0.15) is 0 Å². The van der Waals surface area contributed by atoms with E-state index in [9.17, 15) is 0 Å². The van der Waals surface area contributed by atoms with E-state index in [1.54, 1.807) is 5.57 Å². The zero-order valence-corrected chi connectivity index (χ0v) is 30.3. The number of nitrogens with zero attached hydrogens (tertiary/aromatic N) is 3. The van der Waals surface area contributed by atoms with Gasteiger partial charge in [-0.15, -0.1) is 54.1 Å². The molecule has 0 bridgehead atoms. The van der Waals surface area contributed by atoms with Gasteiger partial charge in [-0.3, -0.25) is 4.98 Å². The predicted octanol–water partition coefficient (Wildman–Crippen LogP) is 11.4. The normalized spacial score (nSPS) is 15.4. The van der Waals surface area contributed by atoms with Crippen LogP contribution in [-0.2, 0) is 25.6 Å². The number of aromatic nitrogens is 3. The number of hydrogen-bond acceptors (Lipinski definition) is 3. The van der Waals surface area contributed by atoms with Crippen molar-refractivity contribution in [3.05, 3.63) is 127 Å². The number of pyridine rings is 1. The van der Waals surface area contributed by atoms with Gasteiger partial charge >= 0.3 is 0 Å². The molecule has 0 saturated heterocycles. The molecule has 1 aliphatic carbocycles. The maximum atomic E-state index is 6.07. The molecule has 2 aliphatic rings. The van der Waals surface area contributed by atoms with Crippen LogP contribution in [0.15, 0.2) is 108 Å². The second-order valence-electron chi connectivity index (χ2n) is 13.8. The number of furan rings is 1. The van der Waals surface area contributed by atoms with Gasteiger partial charge in [-0.1, -0.05) is 85.7 Å². The average Bonchev–Trinajstić information content (AvgIpc) is 3.86. The van der Waals surface area contributed by atoms with Gasteiger partial charge in [-0.25, -0.2) is 0 Å². The van der Waals surface area contributed by atoms with Gasteiger partial charge in [0.1, 0.15) is 5.58 Å². The fraction of sp³-hybridized carbons (Fsp3) is 0.256. The molecule has 3 aromatic heterocycles. The molecular formula is C43H39IrN3O-2. The van der Waals surface area contributed by atoms with Gasteiger partial charge in [-0.05, 0) is 68.0 Å². The quantitative estimate of drug-likeness (QED) is 0.166. The van der Waals surface area contributed by atoms with Crippen molar-refractivity contribution in [3.8, 4) is 22.6 Å². The van der Waals surface area contributed by atoms with Crippen molar-refractivity contribution in [2.75, 3.05) is 0 Å². The number of rotatable bonds is 4. The fourth-order valence-electron chi connectivity index (χ4n) is 7.55. The number of fused-ring (bicyclic) bond motifs is 3. The first-order chi connectivity index (χ1) is 22.9. The first-order valence-corrected chi connectivity index (χ1v) is 16.9. The van der Waals surface area contributed by atoms with Crippen LogP contribution in [0.2, 0.25) is 0 Å². The summed E-state index contributed by atoms with van der Waals surface area (Å²) >= 11 is 0. The zero-order valence-electron chi connectivity index (χ0n) is 27.9. The van der Waals surface area contributed by atoms with Crippen molar-refractivity contribution in [1.82, 2.24) is 14.5 Å². The van der Waals surface area contributed by atoms with Gasteiger partial charge in [0.25, 0.3) is 0 Å². The predicted molar refractivity (Wildman–Crippen MR) is 193 cm³/mol. The third-order valence-corrected chi connectivity index (χ3v) is 9.86. The van der Waals surface area contributed by atoms with Crippen molar-refractivity contribution < 1.29 is 24.5 Å². The van der Waals surface area contributed by atoms with Crippen molar-refractivity contribution in [1.29, 1.82) is 0 Å². The molecule has 243 valence electrons. The van der Waals surface area contributed by atoms with E-state index in [0.29, 0.717) is 11.8 Å². The summed E-state index contributed by atoms with van der Waals surface area (Å²) in [6, 6.07) is 37.7. The van der Waals surface area contributed by atoms with E-state index in [1.165, 1.54) is 42.3 Å². The second-order valence-corrected chi connectivity index (χ2v) is 13.8. The van der Waals surface area contributed by atoms with Crippen LogP contribution in [0.5, 0.6) is 0 Å². The molecular weight excluding hydrogens is 767 g/mol. The van der Waals surface area contributed by atoms with Crippen LogP contribution in [0.4, 0.5) is 0 Å². The Bertz CT molecular complexity index is 2270. The second kappa shape index (κ2) is 13.0. The molecule has 7 aromatic rings. The third-order valence-electron chi connectivity index (χ3n) is 9.86. The molecule has 48 heavy (non-hydrogen) atoms. The third kappa shape index (κ3) is 5.63. The van der Waals surface area contributed by atoms with E-state index in [1.807, 2.05) is 42.6 Å². The van der Waals surface area contributed by atoms with Crippen molar-refractivity contribution in [2.45, 2.75) is 64.8 Å². The molecule has 4 heterocycles. The van der Waals surface area contributed by atoms with Crippen LogP contribution in [0.25, 0.3) is 61.2 Å². The topological polar surface area (TPSA) is 43.9 Å². The van der Waals surface area contributed by atoms with E-state index >= 15 is 0 Å². The zero-order chi connectivity index (χ0) is 32.1. The Hall–Kier alpha value is -4.31. The SMILES string of the molecule is CC(C)c1ccnc(-c2[c-]ccc3c2oc2ccccc23)c1.CC1(C)C=C(C2CCCC2)c2cccc3nc(-c4[c-]cccc4)n1c23.[Ir]. The van der Waals surface area contributed by atoms with Crippen molar-refractivity contribution >= 4 is 38.5 Å². The summed E-state index contributed by atoms with van der Waals surface area (Å²) < 4.78 is 8.49. The van der Waals surface area contributed by atoms with Crippen LogP contribution in [0, 0.1) is 18.1 Å². The number of hydrogen-bond donors (Lipinski definition) is 0. The van der Waals surface area contributed by atoms with Crippen molar-refractivity contribution in [3.63, 3.8) is 0 Å². The Morgan fingerprint density at radius 1 is 0.875 bits per heavy atom. The van der Waals surface area contributed by atoms with Gasteiger partial charge in [0.2, 0.25) is 0 Å². The molecule has 0 unspecified atom stereocenters. The summed E-state index contributed by atoms with van der Waals surface area (Å²) in [4.78, 5) is 9.53. The Balaban J connectivity index is 0.000000150. The van der Waals surface area contributed by atoms with Crippen molar-refractivity contribution in [2.24, 2.45) is 5.92 Å². The number of benzene rings is 4. The Morgan fingerprint density at radius 2 is 1.69 bits per heavy atom. The summed E-state index contributed by atoms with van der Waals surface area (Å²) in [6.45, 7) is 8.99. The molecule has 1 fully saturated rings. The molecule has 1 radical (unpaired) electrons. The smallest absolute Gasteiger partial charge is 0.120 e. The fourth-order valence-corrected chi connectivity index (χ4v) is 7.55. The molecule has 9 rings (SSSR count). The summed E-state index contributed by atoms with van der Waals surface area (Å²) in [6.07, 6.45) is 9.74. The van der Waals surface area contributed by atoms with Crippen LogP contribution in [0.3, 0.4) is 0 Å². The molecule has 0 amide bonds. The Kier molecular flexibility index (Phi) is 8.70. The number of allylic oxidation sites excluding steroid dienone is 2. The van der Waals surface area contributed by atoms with E-state index in [2.05, 4.69) is 110 Å². The monoisotopic (exact) mass is 806 g/mol.